The number of rotatable bonds is 6. The van der Waals surface area contributed by atoms with Crippen molar-refractivity contribution in [3.8, 4) is 0 Å². The molecule has 1 aliphatic rings. The first-order chi connectivity index (χ1) is 7.67. The SMILES string of the molecule is CCCCC(CC)NC1CCC(C)C(C)C1. The van der Waals surface area contributed by atoms with Crippen molar-refractivity contribution < 1.29 is 0 Å². The normalized spacial score (nSPS) is 32.6. The Balaban J connectivity index is 2.29. The monoisotopic (exact) mass is 225 g/mol. The topological polar surface area (TPSA) is 12.0 Å². The molecule has 1 nitrogen and oxygen atoms in total. The molecular formula is C15H31N. The second-order valence-corrected chi connectivity index (χ2v) is 5.88. The van der Waals surface area contributed by atoms with Gasteiger partial charge in [0.1, 0.15) is 0 Å². The van der Waals surface area contributed by atoms with Crippen molar-refractivity contribution in [3.05, 3.63) is 0 Å². The Morgan fingerprint density at radius 3 is 2.44 bits per heavy atom. The van der Waals surface area contributed by atoms with E-state index in [1.54, 1.807) is 0 Å². The van der Waals surface area contributed by atoms with Gasteiger partial charge in [0.05, 0.1) is 0 Å². The van der Waals surface area contributed by atoms with Crippen LogP contribution in [0.15, 0.2) is 0 Å². The molecule has 1 saturated carbocycles. The molecule has 0 radical (unpaired) electrons. The van der Waals surface area contributed by atoms with Crippen molar-refractivity contribution in [2.75, 3.05) is 0 Å². The van der Waals surface area contributed by atoms with E-state index in [0.717, 1.165) is 23.9 Å². The maximum Gasteiger partial charge on any atom is 0.00723 e. The zero-order valence-corrected chi connectivity index (χ0v) is 11.8. The van der Waals surface area contributed by atoms with Crippen molar-refractivity contribution in [1.29, 1.82) is 0 Å². The lowest BCUT2D eigenvalue weighted by Gasteiger charge is -2.35. The number of nitrogens with one attached hydrogen (secondary N) is 1. The zero-order valence-electron chi connectivity index (χ0n) is 11.8. The van der Waals surface area contributed by atoms with E-state index < -0.39 is 0 Å². The zero-order chi connectivity index (χ0) is 12.0. The van der Waals surface area contributed by atoms with Gasteiger partial charge < -0.3 is 5.32 Å². The molecule has 0 aromatic rings. The fourth-order valence-electron chi connectivity index (χ4n) is 2.89. The molecule has 0 saturated heterocycles. The standard InChI is InChI=1S/C15H31N/c1-5-7-8-14(6-2)16-15-10-9-12(3)13(4)11-15/h12-16H,5-11H2,1-4H3. The summed E-state index contributed by atoms with van der Waals surface area (Å²) >= 11 is 0. The van der Waals surface area contributed by atoms with Gasteiger partial charge in [0.15, 0.2) is 0 Å². The van der Waals surface area contributed by atoms with Gasteiger partial charge in [-0.05, 0) is 43.9 Å². The van der Waals surface area contributed by atoms with E-state index in [9.17, 15) is 0 Å². The van der Waals surface area contributed by atoms with Gasteiger partial charge in [-0.1, -0.05) is 40.5 Å². The van der Waals surface area contributed by atoms with E-state index in [0.29, 0.717) is 0 Å². The largest absolute Gasteiger partial charge is 0.311 e. The van der Waals surface area contributed by atoms with Gasteiger partial charge in [-0.25, -0.2) is 0 Å². The second kappa shape index (κ2) is 7.32. The summed E-state index contributed by atoms with van der Waals surface area (Å²) < 4.78 is 0. The lowest BCUT2D eigenvalue weighted by molar-refractivity contribution is 0.210. The molecular weight excluding hydrogens is 194 g/mol. The van der Waals surface area contributed by atoms with Crippen LogP contribution in [0.25, 0.3) is 0 Å². The van der Waals surface area contributed by atoms with Crippen molar-refractivity contribution in [2.45, 2.75) is 84.7 Å². The lowest BCUT2D eigenvalue weighted by Crippen LogP contribution is -2.42. The average Bonchev–Trinajstić information content (AvgIpc) is 2.29. The fourth-order valence-corrected chi connectivity index (χ4v) is 2.89. The van der Waals surface area contributed by atoms with Crippen molar-refractivity contribution in [3.63, 3.8) is 0 Å². The first-order valence-corrected chi connectivity index (χ1v) is 7.43. The molecule has 16 heavy (non-hydrogen) atoms. The van der Waals surface area contributed by atoms with Gasteiger partial charge >= 0.3 is 0 Å². The van der Waals surface area contributed by atoms with Crippen LogP contribution in [-0.2, 0) is 0 Å². The Hall–Kier alpha value is -0.0400. The molecule has 96 valence electrons. The molecule has 0 bridgehead atoms. The summed E-state index contributed by atoms with van der Waals surface area (Å²) in [6.45, 7) is 9.44. The highest BCUT2D eigenvalue weighted by molar-refractivity contribution is 4.82. The molecule has 1 N–H and O–H groups in total. The molecule has 1 heteroatoms. The molecule has 4 unspecified atom stereocenters. The van der Waals surface area contributed by atoms with E-state index in [-0.39, 0.29) is 0 Å². The van der Waals surface area contributed by atoms with Crippen LogP contribution < -0.4 is 5.32 Å². The highest BCUT2D eigenvalue weighted by Gasteiger charge is 2.25. The minimum atomic E-state index is 0.769. The summed E-state index contributed by atoms with van der Waals surface area (Å²) in [5.41, 5.74) is 0. The summed E-state index contributed by atoms with van der Waals surface area (Å²) in [5.74, 6) is 1.85. The second-order valence-electron chi connectivity index (χ2n) is 5.88. The molecule has 0 amide bonds. The van der Waals surface area contributed by atoms with Gasteiger partial charge in [-0.3, -0.25) is 0 Å². The fraction of sp³-hybridized carbons (Fsp3) is 1.00. The van der Waals surface area contributed by atoms with Crippen molar-refractivity contribution >= 4 is 0 Å². The van der Waals surface area contributed by atoms with Gasteiger partial charge in [0, 0.05) is 12.1 Å². The van der Waals surface area contributed by atoms with Gasteiger partial charge in [0.2, 0.25) is 0 Å². The van der Waals surface area contributed by atoms with Crippen molar-refractivity contribution in [2.24, 2.45) is 11.8 Å². The summed E-state index contributed by atoms with van der Waals surface area (Å²) in [7, 11) is 0. The Morgan fingerprint density at radius 2 is 1.88 bits per heavy atom. The first kappa shape index (κ1) is 14.0. The molecule has 0 spiro atoms. The van der Waals surface area contributed by atoms with Crippen molar-refractivity contribution in [1.82, 2.24) is 5.32 Å². The lowest BCUT2D eigenvalue weighted by atomic mass is 9.79. The van der Waals surface area contributed by atoms with E-state index in [1.807, 2.05) is 0 Å². The highest BCUT2D eigenvalue weighted by atomic mass is 14.9. The summed E-state index contributed by atoms with van der Waals surface area (Å²) in [6, 6.07) is 1.57. The average molecular weight is 225 g/mol. The molecule has 1 fully saturated rings. The van der Waals surface area contributed by atoms with E-state index in [2.05, 4.69) is 33.0 Å². The van der Waals surface area contributed by atoms with Crippen LogP contribution in [0.1, 0.15) is 72.6 Å². The minimum absolute atomic E-state index is 0.769. The smallest absolute Gasteiger partial charge is 0.00723 e. The Morgan fingerprint density at radius 1 is 1.12 bits per heavy atom. The summed E-state index contributed by atoms with van der Waals surface area (Å²) in [4.78, 5) is 0. The molecule has 0 aromatic carbocycles. The Bertz CT molecular complexity index is 178. The molecule has 1 rings (SSSR count). The third kappa shape index (κ3) is 4.45. The predicted octanol–water partition coefficient (Wildman–Crippen LogP) is 4.37. The third-order valence-corrected chi connectivity index (χ3v) is 4.47. The van der Waals surface area contributed by atoms with E-state index in [4.69, 9.17) is 0 Å². The molecule has 0 aliphatic heterocycles. The number of hydrogen-bond donors (Lipinski definition) is 1. The quantitative estimate of drug-likeness (QED) is 0.708. The number of hydrogen-bond acceptors (Lipinski definition) is 1. The number of unbranched alkanes of at least 4 members (excludes halogenated alkanes) is 1. The summed E-state index contributed by atoms with van der Waals surface area (Å²) in [6.07, 6.45) is 9.58. The van der Waals surface area contributed by atoms with Crippen LogP contribution in [0.3, 0.4) is 0 Å². The van der Waals surface area contributed by atoms with Crippen LogP contribution in [0.4, 0.5) is 0 Å². The van der Waals surface area contributed by atoms with Crippen LogP contribution >= 0.6 is 0 Å². The first-order valence-electron chi connectivity index (χ1n) is 7.43. The van der Waals surface area contributed by atoms with Crippen LogP contribution in [-0.4, -0.2) is 12.1 Å². The van der Waals surface area contributed by atoms with Gasteiger partial charge in [-0.2, -0.15) is 0 Å². The van der Waals surface area contributed by atoms with Gasteiger partial charge in [0.25, 0.3) is 0 Å². The van der Waals surface area contributed by atoms with Crippen LogP contribution in [0, 0.1) is 11.8 Å². The maximum atomic E-state index is 3.89. The molecule has 4 atom stereocenters. The van der Waals surface area contributed by atoms with E-state index >= 15 is 0 Å². The Kier molecular flexibility index (Phi) is 6.41. The van der Waals surface area contributed by atoms with Crippen LogP contribution in [0.2, 0.25) is 0 Å². The maximum absolute atomic E-state index is 3.89. The molecule has 0 aromatic heterocycles. The van der Waals surface area contributed by atoms with Crippen LogP contribution in [0.5, 0.6) is 0 Å². The minimum Gasteiger partial charge on any atom is -0.311 e. The summed E-state index contributed by atoms with van der Waals surface area (Å²) in [5, 5.41) is 3.89. The van der Waals surface area contributed by atoms with Gasteiger partial charge in [-0.15, -0.1) is 0 Å². The molecule has 1 aliphatic carbocycles. The Labute approximate surface area is 102 Å². The predicted molar refractivity (Wildman–Crippen MR) is 72.7 cm³/mol. The third-order valence-electron chi connectivity index (χ3n) is 4.47. The molecule has 0 heterocycles. The highest BCUT2D eigenvalue weighted by Crippen LogP contribution is 2.29. The van der Waals surface area contributed by atoms with E-state index in [1.165, 1.54) is 44.9 Å².